The van der Waals surface area contributed by atoms with Gasteiger partial charge in [0.25, 0.3) is 0 Å². The van der Waals surface area contributed by atoms with Crippen LogP contribution in [0.4, 0.5) is 0 Å². The monoisotopic (exact) mass is 1100 g/mol. The van der Waals surface area contributed by atoms with Crippen molar-refractivity contribution < 1.29 is 24.5 Å². The third kappa shape index (κ3) is 63.3. The molecule has 0 saturated heterocycles. The van der Waals surface area contributed by atoms with E-state index >= 15 is 0 Å². The molecule has 78 heavy (non-hydrogen) atoms. The van der Waals surface area contributed by atoms with Crippen LogP contribution in [0.5, 0.6) is 0 Å². The maximum absolute atomic E-state index is 12.5. The highest BCUT2D eigenvalue weighted by molar-refractivity contribution is 5.76. The Kier molecular flexibility index (Phi) is 65.9. The second kappa shape index (κ2) is 67.6. The van der Waals surface area contributed by atoms with Crippen molar-refractivity contribution in [1.82, 2.24) is 5.32 Å². The fourth-order valence-corrected chi connectivity index (χ4v) is 11.0. The largest absolute Gasteiger partial charge is 0.466 e. The molecule has 0 fully saturated rings. The summed E-state index contributed by atoms with van der Waals surface area (Å²) in [7, 11) is 0. The molecule has 0 aromatic heterocycles. The van der Waals surface area contributed by atoms with Gasteiger partial charge in [-0.05, 0) is 83.5 Å². The van der Waals surface area contributed by atoms with E-state index in [1.165, 1.54) is 302 Å². The smallest absolute Gasteiger partial charge is 0.305 e. The van der Waals surface area contributed by atoms with Crippen LogP contribution >= 0.6 is 0 Å². The van der Waals surface area contributed by atoms with Gasteiger partial charge in [-0.15, -0.1) is 0 Å². The van der Waals surface area contributed by atoms with Crippen molar-refractivity contribution in [2.45, 2.75) is 398 Å². The zero-order valence-electron chi connectivity index (χ0n) is 52.7. The van der Waals surface area contributed by atoms with Gasteiger partial charge in [0.2, 0.25) is 5.91 Å². The fourth-order valence-electron chi connectivity index (χ4n) is 11.0. The van der Waals surface area contributed by atoms with Gasteiger partial charge in [0.05, 0.1) is 25.4 Å². The number of aliphatic hydroxyl groups is 2. The lowest BCUT2D eigenvalue weighted by Crippen LogP contribution is -2.45. The van der Waals surface area contributed by atoms with Crippen LogP contribution < -0.4 is 5.32 Å². The van der Waals surface area contributed by atoms with Gasteiger partial charge in [0.15, 0.2) is 0 Å². The summed E-state index contributed by atoms with van der Waals surface area (Å²) in [5.74, 6) is -0.0304. The molecule has 0 saturated carbocycles. The van der Waals surface area contributed by atoms with Crippen LogP contribution in [0.1, 0.15) is 386 Å². The highest BCUT2D eigenvalue weighted by atomic mass is 16.5. The lowest BCUT2D eigenvalue weighted by molar-refractivity contribution is -0.143. The van der Waals surface area contributed by atoms with E-state index in [4.69, 9.17) is 4.74 Å². The molecule has 2 unspecified atom stereocenters. The van der Waals surface area contributed by atoms with Gasteiger partial charge < -0.3 is 20.3 Å². The number of carbonyl (C=O) groups excluding carboxylic acids is 2. The summed E-state index contributed by atoms with van der Waals surface area (Å²) in [5, 5.41) is 23.4. The van der Waals surface area contributed by atoms with Crippen molar-refractivity contribution >= 4 is 11.9 Å². The van der Waals surface area contributed by atoms with Gasteiger partial charge in [-0.2, -0.15) is 0 Å². The van der Waals surface area contributed by atoms with E-state index in [1.54, 1.807) is 0 Å². The summed E-state index contributed by atoms with van der Waals surface area (Å²) < 4.78 is 5.50. The molecule has 0 aromatic rings. The first-order chi connectivity index (χ1) is 38.5. The van der Waals surface area contributed by atoms with Crippen LogP contribution in [-0.4, -0.2) is 47.4 Å². The van der Waals surface area contributed by atoms with Gasteiger partial charge >= 0.3 is 5.97 Å². The second-order valence-electron chi connectivity index (χ2n) is 24.2. The Hall–Kier alpha value is -1.92. The summed E-state index contributed by atoms with van der Waals surface area (Å²) >= 11 is 0. The Balaban J connectivity index is 3.40. The molecule has 3 N–H and O–H groups in total. The highest BCUT2D eigenvalue weighted by Gasteiger charge is 2.20. The van der Waals surface area contributed by atoms with Gasteiger partial charge in [-0.3, -0.25) is 9.59 Å². The van der Waals surface area contributed by atoms with Crippen molar-refractivity contribution in [3.05, 3.63) is 36.5 Å². The minimum atomic E-state index is -0.668. The third-order valence-corrected chi connectivity index (χ3v) is 16.4. The Morgan fingerprint density at radius 1 is 0.359 bits per heavy atom. The predicted molar refractivity (Wildman–Crippen MR) is 343 cm³/mol. The zero-order valence-corrected chi connectivity index (χ0v) is 52.7. The van der Waals surface area contributed by atoms with Crippen molar-refractivity contribution in [3.8, 4) is 0 Å². The number of rotatable bonds is 66. The lowest BCUT2D eigenvalue weighted by Gasteiger charge is -2.22. The number of amides is 1. The van der Waals surface area contributed by atoms with E-state index in [2.05, 4.69) is 55.6 Å². The van der Waals surface area contributed by atoms with Gasteiger partial charge in [0, 0.05) is 12.8 Å². The topological polar surface area (TPSA) is 95.9 Å². The Labute approximate surface area is 487 Å². The SMILES string of the molecule is CCCCCC/C=C\C/C=C\CCCCCCCCCC(=O)OCCCCCCCCCCCCCC/C=C\CCCCCCCCCCC(=O)NC(CO)C(O)CCCCCCCCCCCCCCCCCCCCC. The van der Waals surface area contributed by atoms with Crippen LogP contribution in [0.2, 0.25) is 0 Å². The Morgan fingerprint density at radius 2 is 0.641 bits per heavy atom. The first kappa shape index (κ1) is 76.1. The molecule has 0 aliphatic rings. The van der Waals surface area contributed by atoms with E-state index in [0.29, 0.717) is 25.9 Å². The molecule has 2 atom stereocenters. The minimum Gasteiger partial charge on any atom is -0.466 e. The van der Waals surface area contributed by atoms with Crippen LogP contribution in [0, 0.1) is 0 Å². The molecule has 0 heterocycles. The molecule has 1 amide bonds. The first-order valence-electron chi connectivity index (χ1n) is 35.2. The molecule has 0 aliphatic heterocycles. The number of aliphatic hydroxyl groups excluding tert-OH is 2. The molecule has 0 radical (unpaired) electrons. The van der Waals surface area contributed by atoms with Gasteiger partial charge in [0.1, 0.15) is 0 Å². The van der Waals surface area contributed by atoms with Gasteiger partial charge in [-0.25, -0.2) is 0 Å². The van der Waals surface area contributed by atoms with Crippen molar-refractivity contribution in [2.24, 2.45) is 0 Å². The standard InChI is InChI=1S/C72H137NO5/c1-3-5-7-9-11-13-15-17-19-21-29-32-36-40-44-48-52-56-60-64-70(75)69(68-74)73-71(76)65-61-57-53-49-45-41-37-33-30-27-25-23-24-26-28-31-35-39-43-47-51-55-59-63-67-78-72(77)66-62-58-54-50-46-42-38-34-22-20-18-16-14-12-10-8-6-4-2/h14,16,20,22,25,27,69-70,74-75H,3-13,15,17-19,21,23-24,26,28-68H2,1-2H3,(H,73,76)/b16-14-,22-20-,27-25-. The molecular formula is C72H137NO5. The third-order valence-electron chi connectivity index (χ3n) is 16.4. The molecule has 0 aliphatic carbocycles. The summed E-state index contributed by atoms with van der Waals surface area (Å²) in [6.07, 6.45) is 86.1. The van der Waals surface area contributed by atoms with E-state index < -0.39 is 12.1 Å². The minimum absolute atomic E-state index is 0.00579. The first-order valence-corrected chi connectivity index (χ1v) is 35.2. The summed E-state index contributed by atoms with van der Waals surface area (Å²) in [4.78, 5) is 24.6. The van der Waals surface area contributed by atoms with Crippen LogP contribution in [0.15, 0.2) is 36.5 Å². The fraction of sp³-hybridized carbons (Fsp3) is 0.889. The van der Waals surface area contributed by atoms with Gasteiger partial charge in [-0.1, -0.05) is 326 Å². The van der Waals surface area contributed by atoms with E-state index in [9.17, 15) is 19.8 Å². The molecule has 6 nitrogen and oxygen atoms in total. The van der Waals surface area contributed by atoms with E-state index in [0.717, 1.165) is 51.4 Å². The van der Waals surface area contributed by atoms with Crippen LogP contribution in [0.25, 0.3) is 0 Å². The predicted octanol–water partition coefficient (Wildman–Crippen LogP) is 22.7. The van der Waals surface area contributed by atoms with Crippen molar-refractivity contribution in [2.75, 3.05) is 13.2 Å². The van der Waals surface area contributed by atoms with Crippen molar-refractivity contribution in [3.63, 3.8) is 0 Å². The van der Waals surface area contributed by atoms with E-state index in [-0.39, 0.29) is 18.5 Å². The maximum atomic E-state index is 12.5. The number of unbranched alkanes of at least 4 members (excludes halogenated alkanes) is 49. The molecule has 0 rings (SSSR count). The number of esters is 1. The van der Waals surface area contributed by atoms with Crippen LogP contribution in [0.3, 0.4) is 0 Å². The number of hydrogen-bond donors (Lipinski definition) is 3. The molecule has 0 spiro atoms. The Bertz CT molecular complexity index is 1260. The maximum Gasteiger partial charge on any atom is 0.305 e. The lowest BCUT2D eigenvalue weighted by atomic mass is 10.0. The molecular weight excluding hydrogens is 959 g/mol. The van der Waals surface area contributed by atoms with Crippen molar-refractivity contribution in [1.29, 1.82) is 0 Å². The van der Waals surface area contributed by atoms with Crippen LogP contribution in [-0.2, 0) is 14.3 Å². The number of ether oxygens (including phenoxy) is 1. The quantitative estimate of drug-likeness (QED) is 0.0320. The zero-order chi connectivity index (χ0) is 56.4. The molecule has 0 bridgehead atoms. The molecule has 6 heteroatoms. The number of carbonyl (C=O) groups is 2. The number of hydrogen-bond acceptors (Lipinski definition) is 5. The normalized spacial score (nSPS) is 12.7. The summed E-state index contributed by atoms with van der Waals surface area (Å²) in [6.45, 7) is 4.96. The number of allylic oxidation sites excluding steroid dienone is 6. The van der Waals surface area contributed by atoms with E-state index in [1.807, 2.05) is 0 Å². The second-order valence-corrected chi connectivity index (χ2v) is 24.2. The molecule has 0 aromatic carbocycles. The average molecular weight is 1100 g/mol. The average Bonchev–Trinajstić information content (AvgIpc) is 3.44. The molecule has 460 valence electrons. The highest BCUT2D eigenvalue weighted by Crippen LogP contribution is 2.18. The number of nitrogens with one attached hydrogen (secondary N) is 1. The Morgan fingerprint density at radius 3 is 1.00 bits per heavy atom. The summed E-state index contributed by atoms with van der Waals surface area (Å²) in [6, 6.07) is -0.546. The summed E-state index contributed by atoms with van der Waals surface area (Å²) in [5.41, 5.74) is 0.